The Morgan fingerprint density at radius 3 is 2.65 bits per heavy atom. The first-order valence-electron chi connectivity index (χ1n) is 5.37. The lowest BCUT2D eigenvalue weighted by Crippen LogP contribution is -2.09. The van der Waals surface area contributed by atoms with Crippen LogP contribution < -0.4 is 5.73 Å². The van der Waals surface area contributed by atoms with Crippen LogP contribution in [0.25, 0.3) is 11.4 Å². The largest absolute Gasteiger partial charge is 0.330 e. The quantitative estimate of drug-likeness (QED) is 0.902. The highest BCUT2D eigenvalue weighted by molar-refractivity contribution is 6.33. The van der Waals surface area contributed by atoms with Crippen molar-refractivity contribution in [2.75, 3.05) is 6.54 Å². The molecule has 1 heterocycles. The van der Waals surface area contributed by atoms with Crippen LogP contribution in [-0.4, -0.2) is 21.5 Å². The molecule has 2 N–H and O–H groups in total. The van der Waals surface area contributed by atoms with E-state index in [1.807, 2.05) is 31.2 Å². The molecule has 17 heavy (non-hydrogen) atoms. The van der Waals surface area contributed by atoms with E-state index < -0.39 is 0 Å². The molecule has 0 fully saturated rings. The summed E-state index contributed by atoms with van der Waals surface area (Å²) in [6.45, 7) is 2.35. The molecule has 5 heteroatoms. The van der Waals surface area contributed by atoms with Gasteiger partial charge < -0.3 is 5.73 Å². The second kappa shape index (κ2) is 5.21. The molecule has 2 rings (SSSR count). The molecule has 0 bridgehead atoms. The third-order valence-corrected chi connectivity index (χ3v) is 2.61. The minimum absolute atomic E-state index is 0.519. The van der Waals surface area contributed by atoms with Crippen LogP contribution in [0.1, 0.15) is 11.6 Å². The van der Waals surface area contributed by atoms with E-state index in [-0.39, 0.29) is 0 Å². The van der Waals surface area contributed by atoms with Gasteiger partial charge in [0.25, 0.3) is 0 Å². The number of nitrogens with zero attached hydrogens (tertiary/aromatic N) is 3. The minimum Gasteiger partial charge on any atom is -0.330 e. The number of aryl methyl sites for hydroxylation is 1. The van der Waals surface area contributed by atoms with E-state index in [2.05, 4.69) is 15.0 Å². The number of rotatable bonds is 3. The van der Waals surface area contributed by atoms with Crippen LogP contribution in [0, 0.1) is 6.92 Å². The summed E-state index contributed by atoms with van der Waals surface area (Å²) in [5.41, 5.74) is 6.32. The Labute approximate surface area is 105 Å². The lowest BCUT2D eigenvalue weighted by molar-refractivity contribution is 0.827. The van der Waals surface area contributed by atoms with Gasteiger partial charge >= 0.3 is 0 Å². The van der Waals surface area contributed by atoms with Gasteiger partial charge in [0, 0.05) is 12.0 Å². The average molecular weight is 249 g/mol. The van der Waals surface area contributed by atoms with Crippen molar-refractivity contribution in [1.29, 1.82) is 0 Å². The van der Waals surface area contributed by atoms with Crippen molar-refractivity contribution in [3.63, 3.8) is 0 Å². The van der Waals surface area contributed by atoms with Gasteiger partial charge in [-0.25, -0.2) is 15.0 Å². The predicted molar refractivity (Wildman–Crippen MR) is 67.8 cm³/mol. The first kappa shape index (κ1) is 12.0. The van der Waals surface area contributed by atoms with Crippen LogP contribution in [0.4, 0.5) is 0 Å². The highest BCUT2D eigenvalue weighted by atomic mass is 35.5. The Balaban J connectivity index is 2.48. The fourth-order valence-electron chi connectivity index (χ4n) is 1.54. The van der Waals surface area contributed by atoms with Gasteiger partial charge in [-0.2, -0.15) is 0 Å². The van der Waals surface area contributed by atoms with E-state index in [9.17, 15) is 0 Å². The standard InChI is InChI=1S/C12H13ClN4/c1-8-15-11(6-7-14)17-12(16-8)9-4-2-3-5-10(9)13/h2-5H,6-7,14H2,1H3. The first-order valence-corrected chi connectivity index (χ1v) is 5.75. The Kier molecular flexibility index (Phi) is 3.66. The smallest absolute Gasteiger partial charge is 0.164 e. The summed E-state index contributed by atoms with van der Waals surface area (Å²) in [6.07, 6.45) is 0.640. The molecule has 2 aromatic rings. The van der Waals surface area contributed by atoms with E-state index in [4.69, 9.17) is 17.3 Å². The summed E-state index contributed by atoms with van der Waals surface area (Å²) in [5, 5.41) is 0.636. The van der Waals surface area contributed by atoms with Crippen LogP contribution in [0.3, 0.4) is 0 Å². The third-order valence-electron chi connectivity index (χ3n) is 2.28. The molecule has 0 amide bonds. The molecular weight excluding hydrogens is 236 g/mol. The van der Waals surface area contributed by atoms with Crippen molar-refractivity contribution >= 4 is 11.6 Å². The van der Waals surface area contributed by atoms with Gasteiger partial charge in [0.2, 0.25) is 0 Å². The van der Waals surface area contributed by atoms with Crippen LogP contribution in [0.15, 0.2) is 24.3 Å². The number of nitrogens with two attached hydrogens (primary N) is 1. The molecule has 1 aromatic heterocycles. The highest BCUT2D eigenvalue weighted by Gasteiger charge is 2.08. The van der Waals surface area contributed by atoms with Crippen LogP contribution in [0.2, 0.25) is 5.02 Å². The summed E-state index contributed by atoms with van der Waals surface area (Å²) in [6, 6.07) is 7.49. The van der Waals surface area contributed by atoms with Crippen molar-refractivity contribution in [2.45, 2.75) is 13.3 Å². The maximum absolute atomic E-state index is 6.12. The SMILES string of the molecule is Cc1nc(CCN)nc(-c2ccccc2Cl)n1. The summed E-state index contributed by atoms with van der Waals surface area (Å²) in [4.78, 5) is 12.9. The molecule has 0 unspecified atom stereocenters. The summed E-state index contributed by atoms with van der Waals surface area (Å²) < 4.78 is 0. The molecule has 0 aliphatic carbocycles. The molecular formula is C12H13ClN4. The van der Waals surface area contributed by atoms with Crippen molar-refractivity contribution < 1.29 is 0 Å². The van der Waals surface area contributed by atoms with Gasteiger partial charge in [0.15, 0.2) is 5.82 Å². The Hall–Kier alpha value is -1.52. The summed E-state index contributed by atoms with van der Waals surface area (Å²) in [5.74, 6) is 1.99. The van der Waals surface area contributed by atoms with Crippen molar-refractivity contribution in [1.82, 2.24) is 15.0 Å². The van der Waals surface area contributed by atoms with Gasteiger partial charge in [0.1, 0.15) is 11.6 Å². The van der Waals surface area contributed by atoms with E-state index in [1.54, 1.807) is 0 Å². The molecule has 1 aromatic carbocycles. The molecule has 0 atom stereocenters. The van der Waals surface area contributed by atoms with Crippen molar-refractivity contribution in [2.24, 2.45) is 5.73 Å². The average Bonchev–Trinajstić information content (AvgIpc) is 2.29. The van der Waals surface area contributed by atoms with Crippen LogP contribution in [-0.2, 0) is 6.42 Å². The number of aromatic nitrogens is 3. The van der Waals surface area contributed by atoms with Crippen LogP contribution in [0.5, 0.6) is 0 Å². The molecule has 0 aliphatic heterocycles. The Morgan fingerprint density at radius 1 is 1.18 bits per heavy atom. The Morgan fingerprint density at radius 2 is 1.94 bits per heavy atom. The lowest BCUT2D eigenvalue weighted by Gasteiger charge is -2.05. The normalized spacial score (nSPS) is 10.5. The van der Waals surface area contributed by atoms with Gasteiger partial charge in [0.05, 0.1) is 5.02 Å². The lowest BCUT2D eigenvalue weighted by atomic mass is 10.2. The highest BCUT2D eigenvalue weighted by Crippen LogP contribution is 2.24. The number of hydrogen-bond donors (Lipinski definition) is 1. The molecule has 0 aliphatic rings. The summed E-state index contributed by atoms with van der Waals surface area (Å²) in [7, 11) is 0. The molecule has 0 radical (unpaired) electrons. The second-order valence-corrected chi connectivity index (χ2v) is 4.05. The molecule has 0 saturated carbocycles. The molecule has 4 nitrogen and oxygen atoms in total. The van der Waals surface area contributed by atoms with Gasteiger partial charge in [-0.1, -0.05) is 23.7 Å². The van der Waals surface area contributed by atoms with Crippen molar-refractivity contribution in [3.05, 3.63) is 40.9 Å². The zero-order chi connectivity index (χ0) is 12.3. The van der Waals surface area contributed by atoms with E-state index in [0.29, 0.717) is 35.5 Å². The van der Waals surface area contributed by atoms with Crippen molar-refractivity contribution in [3.8, 4) is 11.4 Å². The predicted octanol–water partition coefficient (Wildman–Crippen LogP) is 2.00. The zero-order valence-electron chi connectivity index (χ0n) is 9.52. The van der Waals surface area contributed by atoms with Gasteiger partial charge in [-0.15, -0.1) is 0 Å². The minimum atomic E-state index is 0.519. The first-order chi connectivity index (χ1) is 8.20. The number of hydrogen-bond acceptors (Lipinski definition) is 4. The number of benzene rings is 1. The topological polar surface area (TPSA) is 64.7 Å². The number of halogens is 1. The monoisotopic (exact) mass is 248 g/mol. The van der Waals surface area contributed by atoms with Crippen LogP contribution >= 0.6 is 11.6 Å². The fourth-order valence-corrected chi connectivity index (χ4v) is 1.76. The Bertz CT molecular complexity index is 528. The second-order valence-electron chi connectivity index (χ2n) is 3.64. The van der Waals surface area contributed by atoms with E-state index in [1.165, 1.54) is 0 Å². The molecule has 0 spiro atoms. The fraction of sp³-hybridized carbons (Fsp3) is 0.250. The summed E-state index contributed by atoms with van der Waals surface area (Å²) >= 11 is 6.12. The zero-order valence-corrected chi connectivity index (χ0v) is 10.3. The third kappa shape index (κ3) is 2.78. The van der Waals surface area contributed by atoms with Gasteiger partial charge in [-0.05, 0) is 25.6 Å². The van der Waals surface area contributed by atoms with E-state index >= 15 is 0 Å². The van der Waals surface area contributed by atoms with Gasteiger partial charge in [-0.3, -0.25) is 0 Å². The van der Waals surface area contributed by atoms with E-state index in [0.717, 1.165) is 5.56 Å². The maximum atomic E-state index is 6.12. The molecule has 0 saturated heterocycles. The maximum Gasteiger partial charge on any atom is 0.164 e. The molecule has 88 valence electrons.